The van der Waals surface area contributed by atoms with E-state index in [-0.39, 0.29) is 12.6 Å². The third kappa shape index (κ3) is 2.25. The van der Waals surface area contributed by atoms with Crippen molar-refractivity contribution in [1.29, 1.82) is 0 Å². The number of nitrogens with zero attached hydrogens (tertiary/aromatic N) is 1. The molecule has 0 saturated heterocycles. The topological polar surface area (TPSA) is 32.7 Å². The van der Waals surface area contributed by atoms with Gasteiger partial charge in [-0.2, -0.15) is 0 Å². The Hall–Kier alpha value is -1.06. The van der Waals surface area contributed by atoms with Crippen LogP contribution in [0.1, 0.15) is 11.6 Å². The van der Waals surface area contributed by atoms with E-state index in [1.54, 1.807) is 7.11 Å². The summed E-state index contributed by atoms with van der Waals surface area (Å²) in [5.74, 6) is 0.820. The molecule has 1 rings (SSSR count). The van der Waals surface area contributed by atoms with Crippen molar-refractivity contribution in [2.24, 2.45) is 0 Å². The van der Waals surface area contributed by atoms with Crippen LogP contribution in [-0.2, 0) is 0 Å². The van der Waals surface area contributed by atoms with Gasteiger partial charge in [-0.3, -0.25) is 0 Å². The summed E-state index contributed by atoms with van der Waals surface area (Å²) >= 11 is 0. The van der Waals surface area contributed by atoms with Crippen LogP contribution >= 0.6 is 0 Å². The highest BCUT2D eigenvalue weighted by molar-refractivity contribution is 5.35. The summed E-state index contributed by atoms with van der Waals surface area (Å²) in [5, 5.41) is 9.27. The van der Waals surface area contributed by atoms with Crippen LogP contribution in [0.3, 0.4) is 0 Å². The second-order valence-corrected chi connectivity index (χ2v) is 3.40. The number of rotatable bonds is 4. The van der Waals surface area contributed by atoms with Gasteiger partial charge in [0.05, 0.1) is 19.8 Å². The first-order valence-corrected chi connectivity index (χ1v) is 4.61. The Morgan fingerprint density at radius 3 is 2.50 bits per heavy atom. The normalized spacial score (nSPS) is 12.9. The Balaban J connectivity index is 3.02. The Bertz CT molecular complexity index is 286. The molecule has 1 atom stereocenters. The molecule has 0 radical (unpaired) electrons. The first-order valence-electron chi connectivity index (χ1n) is 4.61. The molecule has 0 bridgehead atoms. The fourth-order valence-corrected chi connectivity index (χ4v) is 1.48. The van der Waals surface area contributed by atoms with E-state index < -0.39 is 0 Å². The van der Waals surface area contributed by atoms with Gasteiger partial charge < -0.3 is 14.7 Å². The van der Waals surface area contributed by atoms with E-state index in [1.807, 2.05) is 43.3 Å². The maximum Gasteiger partial charge on any atom is 0.123 e. The molecule has 3 heteroatoms. The zero-order valence-electron chi connectivity index (χ0n) is 8.90. The van der Waals surface area contributed by atoms with Crippen molar-refractivity contribution in [3.8, 4) is 5.75 Å². The molecule has 0 spiro atoms. The van der Waals surface area contributed by atoms with E-state index in [0.717, 1.165) is 11.3 Å². The Kier molecular flexibility index (Phi) is 3.92. The molecule has 1 aromatic carbocycles. The summed E-state index contributed by atoms with van der Waals surface area (Å²) < 4.78 is 5.24. The maximum atomic E-state index is 9.27. The highest BCUT2D eigenvalue weighted by Crippen LogP contribution is 2.27. The number of aliphatic hydroxyl groups excluding tert-OH is 1. The molecule has 0 aliphatic carbocycles. The smallest absolute Gasteiger partial charge is 0.123 e. The largest absolute Gasteiger partial charge is 0.496 e. The SMILES string of the molecule is COc1ccccc1C(CO)N(C)C. The summed E-state index contributed by atoms with van der Waals surface area (Å²) in [6.45, 7) is 0.0906. The predicted molar refractivity (Wildman–Crippen MR) is 56.5 cm³/mol. The Morgan fingerprint density at radius 1 is 1.36 bits per heavy atom. The number of hydrogen-bond acceptors (Lipinski definition) is 3. The maximum absolute atomic E-state index is 9.27. The van der Waals surface area contributed by atoms with Crippen LogP contribution in [0.25, 0.3) is 0 Å². The average Bonchev–Trinajstić information content (AvgIpc) is 2.19. The molecule has 1 unspecified atom stereocenters. The Labute approximate surface area is 84.9 Å². The van der Waals surface area contributed by atoms with Crippen molar-refractivity contribution in [3.05, 3.63) is 29.8 Å². The van der Waals surface area contributed by atoms with Crippen molar-refractivity contribution in [2.75, 3.05) is 27.8 Å². The van der Waals surface area contributed by atoms with Crippen LogP contribution in [0.2, 0.25) is 0 Å². The fourth-order valence-electron chi connectivity index (χ4n) is 1.48. The predicted octanol–water partition coefficient (Wildman–Crippen LogP) is 1.29. The fraction of sp³-hybridized carbons (Fsp3) is 0.455. The molecule has 0 aliphatic rings. The third-order valence-electron chi connectivity index (χ3n) is 2.29. The van der Waals surface area contributed by atoms with Crippen molar-refractivity contribution in [1.82, 2.24) is 4.90 Å². The summed E-state index contributed by atoms with van der Waals surface area (Å²) in [7, 11) is 5.52. The van der Waals surface area contributed by atoms with Gasteiger partial charge in [-0.1, -0.05) is 18.2 Å². The minimum absolute atomic E-state index is 0.00819. The highest BCUT2D eigenvalue weighted by Gasteiger charge is 2.16. The van der Waals surface area contributed by atoms with Crippen molar-refractivity contribution in [3.63, 3.8) is 0 Å². The van der Waals surface area contributed by atoms with Crippen LogP contribution in [0.15, 0.2) is 24.3 Å². The number of ether oxygens (including phenoxy) is 1. The lowest BCUT2D eigenvalue weighted by molar-refractivity contribution is 0.168. The summed E-state index contributed by atoms with van der Waals surface area (Å²) in [6.07, 6.45) is 0. The molecule has 0 saturated carbocycles. The first kappa shape index (κ1) is 11.0. The molecule has 3 nitrogen and oxygen atoms in total. The van der Waals surface area contributed by atoms with E-state index in [1.165, 1.54) is 0 Å². The number of para-hydroxylation sites is 1. The molecule has 0 aromatic heterocycles. The lowest BCUT2D eigenvalue weighted by Gasteiger charge is -2.24. The number of likely N-dealkylation sites (N-methyl/N-ethyl adjacent to an activating group) is 1. The third-order valence-corrected chi connectivity index (χ3v) is 2.29. The lowest BCUT2D eigenvalue weighted by atomic mass is 10.1. The van der Waals surface area contributed by atoms with Crippen LogP contribution < -0.4 is 4.74 Å². The molecular weight excluding hydrogens is 178 g/mol. The van der Waals surface area contributed by atoms with E-state index >= 15 is 0 Å². The minimum Gasteiger partial charge on any atom is -0.496 e. The Morgan fingerprint density at radius 2 is 2.00 bits per heavy atom. The minimum atomic E-state index is -0.00819. The molecule has 0 amide bonds. The van der Waals surface area contributed by atoms with Gasteiger partial charge in [0, 0.05) is 5.56 Å². The molecule has 1 N–H and O–H groups in total. The number of benzene rings is 1. The van der Waals surface area contributed by atoms with E-state index in [9.17, 15) is 5.11 Å². The monoisotopic (exact) mass is 195 g/mol. The van der Waals surface area contributed by atoms with E-state index in [0.29, 0.717) is 0 Å². The molecular formula is C11H17NO2. The van der Waals surface area contributed by atoms with Gasteiger partial charge in [-0.15, -0.1) is 0 Å². The second-order valence-electron chi connectivity index (χ2n) is 3.40. The standard InChI is InChI=1S/C11H17NO2/c1-12(2)10(8-13)9-6-4-5-7-11(9)14-3/h4-7,10,13H,8H2,1-3H3. The molecule has 0 fully saturated rings. The number of aliphatic hydroxyl groups is 1. The van der Waals surface area contributed by atoms with E-state index in [4.69, 9.17) is 4.74 Å². The van der Waals surface area contributed by atoms with Gasteiger partial charge in [-0.25, -0.2) is 0 Å². The number of methoxy groups -OCH3 is 1. The van der Waals surface area contributed by atoms with E-state index in [2.05, 4.69) is 0 Å². The van der Waals surface area contributed by atoms with Crippen molar-refractivity contribution >= 4 is 0 Å². The van der Waals surface area contributed by atoms with Crippen LogP contribution in [-0.4, -0.2) is 37.8 Å². The van der Waals surface area contributed by atoms with Gasteiger partial charge in [0.15, 0.2) is 0 Å². The summed E-state index contributed by atoms with van der Waals surface area (Å²) in [6, 6.07) is 7.74. The quantitative estimate of drug-likeness (QED) is 0.785. The zero-order valence-corrected chi connectivity index (χ0v) is 8.90. The average molecular weight is 195 g/mol. The van der Waals surface area contributed by atoms with Crippen molar-refractivity contribution in [2.45, 2.75) is 6.04 Å². The first-order chi connectivity index (χ1) is 6.70. The molecule has 1 aromatic rings. The van der Waals surface area contributed by atoms with Gasteiger partial charge in [-0.05, 0) is 20.2 Å². The second kappa shape index (κ2) is 4.98. The molecule has 78 valence electrons. The molecule has 0 heterocycles. The van der Waals surface area contributed by atoms with Crippen LogP contribution in [0, 0.1) is 0 Å². The number of hydrogen-bond donors (Lipinski definition) is 1. The van der Waals surface area contributed by atoms with Crippen molar-refractivity contribution < 1.29 is 9.84 Å². The zero-order chi connectivity index (χ0) is 10.6. The molecule has 0 aliphatic heterocycles. The van der Waals surface area contributed by atoms with Gasteiger partial charge in [0.25, 0.3) is 0 Å². The lowest BCUT2D eigenvalue weighted by Crippen LogP contribution is -2.23. The summed E-state index contributed by atoms with van der Waals surface area (Å²) in [4.78, 5) is 1.97. The highest BCUT2D eigenvalue weighted by atomic mass is 16.5. The van der Waals surface area contributed by atoms with Gasteiger partial charge in [0.2, 0.25) is 0 Å². The van der Waals surface area contributed by atoms with Gasteiger partial charge >= 0.3 is 0 Å². The van der Waals surface area contributed by atoms with Crippen LogP contribution in [0.5, 0.6) is 5.75 Å². The van der Waals surface area contributed by atoms with Crippen LogP contribution in [0.4, 0.5) is 0 Å². The summed E-state index contributed by atoms with van der Waals surface area (Å²) in [5.41, 5.74) is 1.02. The van der Waals surface area contributed by atoms with Gasteiger partial charge in [0.1, 0.15) is 5.75 Å². The molecule has 14 heavy (non-hydrogen) atoms.